The molecular weight excluding hydrogens is 262 g/mol. The van der Waals surface area contributed by atoms with E-state index in [4.69, 9.17) is 0 Å². The van der Waals surface area contributed by atoms with Gasteiger partial charge in [0.1, 0.15) is 12.6 Å². The maximum Gasteiger partial charge on any atom is 0.150 e. The molecule has 0 atom stereocenters. The Labute approximate surface area is 124 Å². The lowest BCUT2D eigenvalue weighted by Gasteiger charge is -2.22. The molecule has 1 aromatic rings. The summed E-state index contributed by atoms with van der Waals surface area (Å²) in [6.45, 7) is 2.92. The van der Waals surface area contributed by atoms with Gasteiger partial charge in [0.05, 0.1) is 0 Å². The van der Waals surface area contributed by atoms with E-state index in [1.54, 1.807) is 0 Å². The fourth-order valence-corrected chi connectivity index (χ4v) is 3.02. The monoisotopic (exact) mass is 279 g/mol. The predicted octanol–water partition coefficient (Wildman–Crippen LogP) is 3.53. The van der Waals surface area contributed by atoms with E-state index in [1.807, 2.05) is 36.6 Å². The summed E-state index contributed by atoms with van der Waals surface area (Å²) in [6, 6.07) is 5.76. The lowest BCUT2D eigenvalue weighted by atomic mass is 9.86. The number of hydrogen-bond acceptors (Lipinski definition) is 3. The van der Waals surface area contributed by atoms with E-state index in [9.17, 15) is 9.59 Å². The van der Waals surface area contributed by atoms with Crippen LogP contribution in [0.2, 0.25) is 0 Å². The SMILES string of the molecule is CCN1C=CC2=C(CCC=C2C=O)c2cc(C=O)ccc21. The van der Waals surface area contributed by atoms with Gasteiger partial charge in [-0.2, -0.15) is 0 Å². The minimum Gasteiger partial charge on any atom is -0.348 e. The van der Waals surface area contributed by atoms with Crippen LogP contribution in [0.25, 0.3) is 5.57 Å². The zero-order valence-electron chi connectivity index (χ0n) is 12.0. The van der Waals surface area contributed by atoms with Crippen molar-refractivity contribution in [3.8, 4) is 0 Å². The van der Waals surface area contributed by atoms with Gasteiger partial charge in [0, 0.05) is 35.1 Å². The summed E-state index contributed by atoms with van der Waals surface area (Å²) in [5.41, 5.74) is 5.71. The molecule has 3 rings (SSSR count). The second kappa shape index (κ2) is 5.52. The van der Waals surface area contributed by atoms with Crippen molar-refractivity contribution in [3.05, 3.63) is 58.8 Å². The van der Waals surface area contributed by atoms with Gasteiger partial charge in [-0.3, -0.25) is 9.59 Å². The van der Waals surface area contributed by atoms with Crippen molar-refractivity contribution in [1.29, 1.82) is 0 Å². The third-order valence-electron chi connectivity index (χ3n) is 4.07. The van der Waals surface area contributed by atoms with Crippen LogP contribution in [0.4, 0.5) is 5.69 Å². The van der Waals surface area contributed by atoms with Gasteiger partial charge >= 0.3 is 0 Å². The molecule has 0 amide bonds. The number of nitrogens with zero attached hydrogens (tertiary/aromatic N) is 1. The molecule has 0 saturated carbocycles. The zero-order valence-corrected chi connectivity index (χ0v) is 12.0. The summed E-state index contributed by atoms with van der Waals surface area (Å²) in [5, 5.41) is 0. The van der Waals surface area contributed by atoms with Crippen molar-refractivity contribution in [2.75, 3.05) is 11.4 Å². The minimum atomic E-state index is 0.667. The molecule has 0 N–H and O–H groups in total. The Balaban J connectivity index is 2.26. The van der Waals surface area contributed by atoms with Crippen molar-refractivity contribution < 1.29 is 9.59 Å². The Kier molecular flexibility index (Phi) is 3.57. The summed E-state index contributed by atoms with van der Waals surface area (Å²) in [5.74, 6) is 0. The highest BCUT2D eigenvalue weighted by molar-refractivity contribution is 5.95. The third kappa shape index (κ3) is 2.25. The molecule has 0 radical (unpaired) electrons. The smallest absolute Gasteiger partial charge is 0.150 e. The van der Waals surface area contributed by atoms with E-state index in [1.165, 1.54) is 0 Å². The number of rotatable bonds is 3. The molecule has 0 aromatic heterocycles. The van der Waals surface area contributed by atoms with Gasteiger partial charge in [-0.05, 0) is 55.2 Å². The summed E-state index contributed by atoms with van der Waals surface area (Å²) >= 11 is 0. The van der Waals surface area contributed by atoms with E-state index in [0.29, 0.717) is 5.56 Å². The molecule has 0 bridgehead atoms. The molecule has 1 aliphatic carbocycles. The normalized spacial score (nSPS) is 16.8. The molecule has 106 valence electrons. The fraction of sp³-hybridized carbons (Fsp3) is 0.222. The molecule has 3 heteroatoms. The van der Waals surface area contributed by atoms with Crippen molar-refractivity contribution in [1.82, 2.24) is 0 Å². The molecule has 1 aliphatic heterocycles. The average Bonchev–Trinajstić information content (AvgIpc) is 2.70. The van der Waals surface area contributed by atoms with Gasteiger partial charge < -0.3 is 4.90 Å². The summed E-state index contributed by atoms with van der Waals surface area (Å²) < 4.78 is 0. The van der Waals surface area contributed by atoms with Gasteiger partial charge in [-0.15, -0.1) is 0 Å². The fourth-order valence-electron chi connectivity index (χ4n) is 3.02. The first-order valence-corrected chi connectivity index (χ1v) is 7.21. The summed E-state index contributed by atoms with van der Waals surface area (Å²) in [6.07, 6.45) is 9.56. The van der Waals surface area contributed by atoms with E-state index in [-0.39, 0.29) is 0 Å². The van der Waals surface area contributed by atoms with Gasteiger partial charge in [0.2, 0.25) is 0 Å². The van der Waals surface area contributed by atoms with E-state index in [0.717, 1.165) is 59.9 Å². The standard InChI is InChI=1S/C18H17NO2/c1-2-19-9-8-15-14(12-21)4-3-5-16(15)17-10-13(11-20)6-7-18(17)19/h4,6-12H,2-3,5H2,1H3. The van der Waals surface area contributed by atoms with Crippen LogP contribution in [0.5, 0.6) is 0 Å². The Bertz CT molecular complexity index is 695. The maximum atomic E-state index is 11.3. The van der Waals surface area contributed by atoms with Crippen molar-refractivity contribution in [2.24, 2.45) is 0 Å². The highest BCUT2D eigenvalue weighted by Crippen LogP contribution is 2.40. The molecule has 0 saturated heterocycles. The van der Waals surface area contributed by atoms with Crippen LogP contribution in [0, 0.1) is 0 Å². The van der Waals surface area contributed by atoms with E-state index < -0.39 is 0 Å². The molecule has 21 heavy (non-hydrogen) atoms. The number of anilines is 1. The van der Waals surface area contributed by atoms with E-state index in [2.05, 4.69) is 11.8 Å². The van der Waals surface area contributed by atoms with Gasteiger partial charge in [-0.1, -0.05) is 6.08 Å². The number of carbonyl (C=O) groups excluding carboxylic acids is 2. The van der Waals surface area contributed by atoms with Crippen molar-refractivity contribution >= 4 is 23.8 Å². The number of fused-ring (bicyclic) bond motifs is 2. The first-order valence-electron chi connectivity index (χ1n) is 7.21. The van der Waals surface area contributed by atoms with E-state index >= 15 is 0 Å². The number of hydrogen-bond donors (Lipinski definition) is 0. The lowest BCUT2D eigenvalue weighted by molar-refractivity contribution is -0.104. The number of aldehydes is 2. The molecule has 1 aromatic carbocycles. The molecule has 0 unspecified atom stereocenters. The highest BCUT2D eigenvalue weighted by atomic mass is 16.1. The summed E-state index contributed by atoms with van der Waals surface area (Å²) in [7, 11) is 0. The van der Waals surface area contributed by atoms with Crippen LogP contribution < -0.4 is 4.90 Å². The zero-order chi connectivity index (χ0) is 14.8. The van der Waals surface area contributed by atoms with Crippen LogP contribution >= 0.6 is 0 Å². The lowest BCUT2D eigenvalue weighted by Crippen LogP contribution is -2.15. The minimum absolute atomic E-state index is 0.667. The second-order valence-electron chi connectivity index (χ2n) is 5.20. The molecule has 0 spiro atoms. The third-order valence-corrected chi connectivity index (χ3v) is 4.07. The van der Waals surface area contributed by atoms with Crippen LogP contribution in [0.15, 0.2) is 47.7 Å². The Hall–Kier alpha value is -2.42. The quantitative estimate of drug-likeness (QED) is 0.794. The Morgan fingerprint density at radius 3 is 2.81 bits per heavy atom. The Morgan fingerprint density at radius 2 is 2.10 bits per heavy atom. The second-order valence-corrected chi connectivity index (χ2v) is 5.20. The van der Waals surface area contributed by atoms with Crippen LogP contribution in [0.1, 0.15) is 35.7 Å². The Morgan fingerprint density at radius 1 is 1.24 bits per heavy atom. The van der Waals surface area contributed by atoms with Gasteiger partial charge in [0.15, 0.2) is 0 Å². The molecule has 2 aliphatic rings. The number of allylic oxidation sites excluding steroid dienone is 5. The first kappa shape index (κ1) is 13.6. The van der Waals surface area contributed by atoms with Crippen LogP contribution in [0.3, 0.4) is 0 Å². The topological polar surface area (TPSA) is 37.4 Å². The van der Waals surface area contributed by atoms with Crippen LogP contribution in [-0.2, 0) is 4.79 Å². The summed E-state index contributed by atoms with van der Waals surface area (Å²) in [4.78, 5) is 24.5. The van der Waals surface area contributed by atoms with Crippen molar-refractivity contribution in [3.63, 3.8) is 0 Å². The number of benzene rings is 1. The van der Waals surface area contributed by atoms with Crippen molar-refractivity contribution in [2.45, 2.75) is 19.8 Å². The molecular formula is C18H17NO2. The molecule has 0 fully saturated rings. The maximum absolute atomic E-state index is 11.3. The molecule has 3 nitrogen and oxygen atoms in total. The highest BCUT2D eigenvalue weighted by Gasteiger charge is 2.22. The van der Waals surface area contributed by atoms with Crippen LogP contribution in [-0.4, -0.2) is 19.1 Å². The number of carbonyl (C=O) groups is 2. The predicted molar refractivity (Wildman–Crippen MR) is 84.3 cm³/mol. The van der Waals surface area contributed by atoms with Gasteiger partial charge in [0.25, 0.3) is 0 Å². The largest absolute Gasteiger partial charge is 0.348 e. The average molecular weight is 279 g/mol. The molecule has 1 heterocycles. The van der Waals surface area contributed by atoms with Gasteiger partial charge in [-0.25, -0.2) is 0 Å². The first-order chi connectivity index (χ1) is 10.3.